The Bertz CT molecular complexity index is 724. The number of nitrogens with one attached hydrogen (secondary N) is 1. The minimum Gasteiger partial charge on any atom is -0.354 e. The van der Waals surface area contributed by atoms with Crippen molar-refractivity contribution in [3.8, 4) is 0 Å². The second-order valence-corrected chi connectivity index (χ2v) is 8.27. The van der Waals surface area contributed by atoms with E-state index >= 15 is 0 Å². The van der Waals surface area contributed by atoms with Crippen LogP contribution in [0.15, 0.2) is 24.2 Å². The van der Waals surface area contributed by atoms with E-state index in [1.54, 1.807) is 23.9 Å². The summed E-state index contributed by atoms with van der Waals surface area (Å²) in [5.41, 5.74) is 2.45. The first-order valence-electron chi connectivity index (χ1n) is 9.05. The standard InChI is InChI=1S/C18H25N5OS/c1-14-16(25-13-21-14)10-22-7-2-5-18(11-22,23-8-6-19-12-23)17(24)20-9-15-3-4-15/h6,8,12-13,15H,2-5,7,9-11H2,1H3,(H,20,24). The van der Waals surface area contributed by atoms with Crippen LogP contribution in [-0.2, 0) is 16.9 Å². The number of aromatic nitrogens is 3. The topological polar surface area (TPSA) is 63.1 Å². The molecule has 1 aliphatic heterocycles. The third-order valence-electron chi connectivity index (χ3n) is 5.43. The lowest BCUT2D eigenvalue weighted by molar-refractivity contribution is -0.133. The van der Waals surface area contributed by atoms with E-state index in [9.17, 15) is 4.79 Å². The molecule has 0 radical (unpaired) electrons. The zero-order valence-corrected chi connectivity index (χ0v) is 15.5. The fourth-order valence-electron chi connectivity index (χ4n) is 3.69. The average Bonchev–Trinajstić information content (AvgIpc) is 3.10. The Morgan fingerprint density at radius 3 is 3.04 bits per heavy atom. The highest BCUT2D eigenvalue weighted by Crippen LogP contribution is 2.32. The Morgan fingerprint density at radius 2 is 2.36 bits per heavy atom. The molecule has 1 atom stereocenters. The molecule has 2 aromatic rings. The van der Waals surface area contributed by atoms with Gasteiger partial charge in [-0.3, -0.25) is 9.69 Å². The fourth-order valence-corrected chi connectivity index (χ4v) is 4.51. The van der Waals surface area contributed by atoms with Crippen LogP contribution in [0.1, 0.15) is 36.3 Å². The number of likely N-dealkylation sites (tertiary alicyclic amines) is 1. The lowest BCUT2D eigenvalue weighted by Crippen LogP contribution is -2.58. The quantitative estimate of drug-likeness (QED) is 0.859. The lowest BCUT2D eigenvalue weighted by Gasteiger charge is -2.42. The normalized spacial score (nSPS) is 24.4. The molecule has 2 aliphatic rings. The highest BCUT2D eigenvalue weighted by molar-refractivity contribution is 7.09. The van der Waals surface area contributed by atoms with Gasteiger partial charge in [-0.05, 0) is 45.1 Å². The van der Waals surface area contributed by atoms with Crippen LogP contribution in [0, 0.1) is 12.8 Å². The van der Waals surface area contributed by atoms with E-state index in [1.807, 2.05) is 16.3 Å². The van der Waals surface area contributed by atoms with Crippen molar-refractivity contribution in [2.45, 2.75) is 44.7 Å². The first-order valence-corrected chi connectivity index (χ1v) is 9.93. The lowest BCUT2D eigenvalue weighted by atomic mass is 9.87. The van der Waals surface area contributed by atoms with E-state index in [4.69, 9.17) is 0 Å². The van der Waals surface area contributed by atoms with Crippen LogP contribution in [0.2, 0.25) is 0 Å². The number of rotatable bonds is 6. The van der Waals surface area contributed by atoms with Crippen molar-refractivity contribution in [3.63, 3.8) is 0 Å². The number of imidazole rings is 1. The number of aryl methyl sites for hydroxylation is 1. The van der Waals surface area contributed by atoms with Gasteiger partial charge in [-0.1, -0.05) is 0 Å². The molecule has 6 nitrogen and oxygen atoms in total. The number of carbonyl (C=O) groups is 1. The summed E-state index contributed by atoms with van der Waals surface area (Å²) >= 11 is 1.70. The predicted octanol–water partition coefficient (Wildman–Crippen LogP) is 2.17. The summed E-state index contributed by atoms with van der Waals surface area (Å²) in [6, 6.07) is 0. The molecule has 2 aromatic heterocycles. The minimum atomic E-state index is -0.553. The van der Waals surface area contributed by atoms with Crippen molar-refractivity contribution in [1.29, 1.82) is 0 Å². The molecule has 1 saturated carbocycles. The number of hydrogen-bond acceptors (Lipinski definition) is 5. The van der Waals surface area contributed by atoms with Gasteiger partial charge >= 0.3 is 0 Å². The fraction of sp³-hybridized carbons (Fsp3) is 0.611. The van der Waals surface area contributed by atoms with E-state index in [1.165, 1.54) is 17.7 Å². The van der Waals surface area contributed by atoms with Crippen molar-refractivity contribution in [2.75, 3.05) is 19.6 Å². The third kappa shape index (κ3) is 3.48. The van der Waals surface area contributed by atoms with Crippen molar-refractivity contribution in [2.24, 2.45) is 5.92 Å². The molecule has 1 unspecified atom stereocenters. The van der Waals surface area contributed by atoms with Crippen LogP contribution in [0.3, 0.4) is 0 Å². The molecule has 2 fully saturated rings. The molecule has 1 aliphatic carbocycles. The van der Waals surface area contributed by atoms with E-state index in [-0.39, 0.29) is 5.91 Å². The van der Waals surface area contributed by atoms with Crippen LogP contribution in [0.5, 0.6) is 0 Å². The number of piperidine rings is 1. The van der Waals surface area contributed by atoms with Gasteiger partial charge in [0.05, 0.1) is 17.5 Å². The Balaban J connectivity index is 1.54. The molecule has 0 spiro atoms. The van der Waals surface area contributed by atoms with Crippen LogP contribution >= 0.6 is 11.3 Å². The molecule has 0 bridgehead atoms. The van der Waals surface area contributed by atoms with Gasteiger partial charge < -0.3 is 9.88 Å². The largest absolute Gasteiger partial charge is 0.354 e. The smallest absolute Gasteiger partial charge is 0.247 e. The highest BCUT2D eigenvalue weighted by atomic mass is 32.1. The molecule has 25 heavy (non-hydrogen) atoms. The maximum Gasteiger partial charge on any atom is 0.247 e. The van der Waals surface area contributed by atoms with Gasteiger partial charge in [0.15, 0.2) is 0 Å². The van der Waals surface area contributed by atoms with E-state index < -0.39 is 5.54 Å². The van der Waals surface area contributed by atoms with Crippen molar-refractivity contribution in [3.05, 3.63) is 34.8 Å². The molecule has 1 saturated heterocycles. The molecule has 1 N–H and O–H groups in total. The Morgan fingerprint density at radius 1 is 1.48 bits per heavy atom. The van der Waals surface area contributed by atoms with Crippen LogP contribution in [0.4, 0.5) is 0 Å². The second kappa shape index (κ2) is 6.88. The van der Waals surface area contributed by atoms with E-state index in [0.717, 1.165) is 44.7 Å². The molecular weight excluding hydrogens is 334 g/mol. The first kappa shape index (κ1) is 16.7. The number of amides is 1. The van der Waals surface area contributed by atoms with Gasteiger partial charge in [0.2, 0.25) is 5.91 Å². The molecule has 7 heteroatoms. The Hall–Kier alpha value is -1.73. The molecule has 0 aromatic carbocycles. The summed E-state index contributed by atoms with van der Waals surface area (Å²) in [6.07, 6.45) is 9.84. The maximum atomic E-state index is 13.2. The number of nitrogens with zero attached hydrogens (tertiary/aromatic N) is 4. The zero-order chi connectivity index (χ0) is 17.3. The van der Waals surface area contributed by atoms with Crippen LogP contribution in [-0.4, -0.2) is 45.0 Å². The number of thiazole rings is 1. The van der Waals surface area contributed by atoms with Crippen LogP contribution < -0.4 is 5.32 Å². The molecule has 4 rings (SSSR count). The summed E-state index contributed by atoms with van der Waals surface area (Å²) in [7, 11) is 0. The number of carbonyl (C=O) groups excluding carboxylic acids is 1. The van der Waals surface area contributed by atoms with Crippen molar-refractivity contribution < 1.29 is 4.79 Å². The van der Waals surface area contributed by atoms with E-state index in [0.29, 0.717) is 5.92 Å². The maximum absolute atomic E-state index is 13.2. The van der Waals surface area contributed by atoms with Gasteiger partial charge in [0, 0.05) is 36.9 Å². The summed E-state index contributed by atoms with van der Waals surface area (Å²) in [6.45, 7) is 5.47. The summed E-state index contributed by atoms with van der Waals surface area (Å²) in [4.78, 5) is 25.4. The first-order chi connectivity index (χ1) is 12.2. The molecule has 3 heterocycles. The molecular formula is C18H25N5OS. The van der Waals surface area contributed by atoms with Crippen LogP contribution in [0.25, 0.3) is 0 Å². The van der Waals surface area contributed by atoms with Gasteiger partial charge in [0.1, 0.15) is 5.54 Å². The minimum absolute atomic E-state index is 0.142. The summed E-state index contributed by atoms with van der Waals surface area (Å²) < 4.78 is 2.01. The average molecular weight is 359 g/mol. The number of hydrogen-bond donors (Lipinski definition) is 1. The Kier molecular flexibility index (Phi) is 4.60. The molecule has 1 amide bonds. The summed E-state index contributed by atoms with van der Waals surface area (Å²) in [5.74, 6) is 0.825. The van der Waals surface area contributed by atoms with Gasteiger partial charge in [-0.25, -0.2) is 9.97 Å². The van der Waals surface area contributed by atoms with Gasteiger partial charge in [-0.15, -0.1) is 11.3 Å². The monoisotopic (exact) mass is 359 g/mol. The van der Waals surface area contributed by atoms with Crippen molar-refractivity contribution >= 4 is 17.2 Å². The second-order valence-electron chi connectivity index (χ2n) is 7.33. The van der Waals surface area contributed by atoms with Crippen molar-refractivity contribution in [1.82, 2.24) is 24.8 Å². The third-order valence-corrected chi connectivity index (χ3v) is 6.35. The van der Waals surface area contributed by atoms with Gasteiger partial charge in [0.25, 0.3) is 0 Å². The van der Waals surface area contributed by atoms with E-state index in [2.05, 4.69) is 27.1 Å². The Labute approximate surface area is 152 Å². The SMILES string of the molecule is Cc1ncsc1CN1CCCC(C(=O)NCC2CC2)(n2ccnc2)C1. The summed E-state index contributed by atoms with van der Waals surface area (Å²) in [5, 5.41) is 3.21. The highest BCUT2D eigenvalue weighted by Gasteiger charge is 2.44. The molecule has 134 valence electrons. The van der Waals surface area contributed by atoms with Gasteiger partial charge in [-0.2, -0.15) is 0 Å². The zero-order valence-electron chi connectivity index (χ0n) is 14.6. The predicted molar refractivity (Wildman–Crippen MR) is 97.3 cm³/mol.